The zero-order valence-electron chi connectivity index (χ0n) is 12.8. The minimum absolute atomic E-state index is 0. The van der Waals surface area contributed by atoms with Crippen LogP contribution in [-0.4, -0.2) is 4.98 Å². The van der Waals surface area contributed by atoms with Gasteiger partial charge in [-0.25, -0.2) is 4.98 Å². The molecule has 1 heterocycles. The molecule has 22 heavy (non-hydrogen) atoms. The summed E-state index contributed by atoms with van der Waals surface area (Å²) in [4.78, 5) is 4.62. The first kappa shape index (κ1) is 21.7. The molecule has 1 atom stereocenters. The first-order valence-corrected chi connectivity index (χ1v) is 7.62. The maximum absolute atomic E-state index is 4.62. The van der Waals surface area contributed by atoms with Gasteiger partial charge in [0.25, 0.3) is 0 Å². The van der Waals surface area contributed by atoms with Crippen LogP contribution in [0.5, 0.6) is 0 Å². The van der Waals surface area contributed by atoms with E-state index in [1.165, 1.54) is 16.1 Å². The summed E-state index contributed by atoms with van der Waals surface area (Å²) in [6, 6.07) is 8.72. The SMILES string of the molecule is Cc1csc(CC(C)(C)C2C=Cc3ccccc32)n1.[Cl-].[Cl-].[Cr+2]. The molecule has 1 nitrogen and oxygen atoms in total. The van der Waals surface area contributed by atoms with Crippen molar-refractivity contribution >= 4 is 17.4 Å². The quantitative estimate of drug-likeness (QED) is 0.642. The number of fused-ring (bicyclic) bond motifs is 1. The Hall–Kier alpha value is -0.298. The zero-order valence-corrected chi connectivity index (χ0v) is 16.4. The number of rotatable bonds is 3. The van der Waals surface area contributed by atoms with Crippen molar-refractivity contribution in [2.45, 2.75) is 33.1 Å². The monoisotopic (exact) mass is 391 g/mol. The van der Waals surface area contributed by atoms with Crippen molar-refractivity contribution in [3.8, 4) is 0 Å². The Morgan fingerprint density at radius 3 is 2.50 bits per heavy atom. The molecule has 0 radical (unpaired) electrons. The summed E-state index contributed by atoms with van der Waals surface area (Å²) in [5.74, 6) is 0.493. The molecule has 1 unspecified atom stereocenters. The van der Waals surface area contributed by atoms with Crippen LogP contribution in [-0.2, 0) is 23.8 Å². The Bertz CT molecular complexity index is 637. The molecule has 0 N–H and O–H groups in total. The number of hydrogen-bond acceptors (Lipinski definition) is 2. The van der Waals surface area contributed by atoms with Gasteiger partial charge in [0.05, 0.1) is 5.01 Å². The first-order chi connectivity index (χ1) is 9.06. The van der Waals surface area contributed by atoms with Gasteiger partial charge in [0.15, 0.2) is 0 Å². The fourth-order valence-electron chi connectivity index (χ4n) is 2.91. The van der Waals surface area contributed by atoms with Crippen molar-refractivity contribution in [2.24, 2.45) is 5.41 Å². The molecule has 2 aromatic rings. The van der Waals surface area contributed by atoms with Gasteiger partial charge in [-0.2, -0.15) is 0 Å². The Balaban J connectivity index is 0.00000147. The third-order valence-electron chi connectivity index (χ3n) is 3.91. The molecule has 0 spiro atoms. The Morgan fingerprint density at radius 1 is 1.18 bits per heavy atom. The Labute approximate surface area is 160 Å². The van der Waals surface area contributed by atoms with Crippen LogP contribution in [0, 0.1) is 12.3 Å². The van der Waals surface area contributed by atoms with E-state index in [1.54, 1.807) is 11.3 Å². The largest absolute Gasteiger partial charge is 2.00 e. The second-order valence-corrected chi connectivity index (χ2v) is 6.96. The van der Waals surface area contributed by atoms with Gasteiger partial charge in [-0.3, -0.25) is 0 Å². The molecule has 0 fully saturated rings. The summed E-state index contributed by atoms with van der Waals surface area (Å²) in [6.45, 7) is 6.76. The third kappa shape index (κ3) is 4.37. The number of nitrogens with zero attached hydrogens (tertiary/aromatic N) is 1. The topological polar surface area (TPSA) is 12.9 Å². The van der Waals surface area contributed by atoms with Crippen LogP contribution < -0.4 is 24.8 Å². The normalized spacial score (nSPS) is 15.3. The summed E-state index contributed by atoms with van der Waals surface area (Å²) < 4.78 is 0. The molecule has 3 rings (SSSR count). The van der Waals surface area contributed by atoms with Crippen LogP contribution in [0.15, 0.2) is 35.7 Å². The summed E-state index contributed by atoms with van der Waals surface area (Å²) in [7, 11) is 0. The molecule has 0 aliphatic heterocycles. The minimum atomic E-state index is 0. The minimum Gasteiger partial charge on any atom is -1.00 e. The molecule has 1 aromatic heterocycles. The second kappa shape index (κ2) is 8.53. The van der Waals surface area contributed by atoms with Gasteiger partial charge >= 0.3 is 17.4 Å². The fourth-order valence-corrected chi connectivity index (χ4v) is 3.93. The van der Waals surface area contributed by atoms with E-state index in [0.29, 0.717) is 5.92 Å². The van der Waals surface area contributed by atoms with Gasteiger partial charge in [0.2, 0.25) is 0 Å². The molecule has 118 valence electrons. The van der Waals surface area contributed by atoms with E-state index in [4.69, 9.17) is 0 Å². The fraction of sp³-hybridized carbons (Fsp3) is 0.353. The Kier molecular flexibility index (Phi) is 8.41. The van der Waals surface area contributed by atoms with Crippen molar-refractivity contribution in [3.63, 3.8) is 0 Å². The first-order valence-electron chi connectivity index (χ1n) is 6.74. The molecule has 1 aliphatic rings. The van der Waals surface area contributed by atoms with Gasteiger partial charge < -0.3 is 24.8 Å². The van der Waals surface area contributed by atoms with Crippen LogP contribution in [0.25, 0.3) is 6.08 Å². The van der Waals surface area contributed by atoms with Crippen molar-refractivity contribution in [3.05, 3.63) is 57.6 Å². The van der Waals surface area contributed by atoms with E-state index >= 15 is 0 Å². The average Bonchev–Trinajstić information content (AvgIpc) is 2.95. The van der Waals surface area contributed by atoms with Gasteiger partial charge in [-0.15, -0.1) is 11.3 Å². The molecular formula is C17H19Cl2CrNS. The maximum Gasteiger partial charge on any atom is 2.00 e. The number of allylic oxidation sites excluding steroid dienone is 1. The number of thiazole rings is 1. The van der Waals surface area contributed by atoms with E-state index in [9.17, 15) is 0 Å². The molecule has 1 aromatic carbocycles. The van der Waals surface area contributed by atoms with Crippen LogP contribution in [0.4, 0.5) is 0 Å². The standard InChI is InChI=1S/C17H19NS.2ClH.Cr/c1-12-11-19-16(18-12)10-17(2,3)15-9-8-13-6-4-5-7-14(13)15;;;/h4-9,11,15H,10H2,1-3H3;2*1H;/q;;;+2/p-2. The molecule has 1 aliphatic carbocycles. The van der Waals surface area contributed by atoms with Crippen LogP contribution >= 0.6 is 11.3 Å². The predicted molar refractivity (Wildman–Crippen MR) is 82.6 cm³/mol. The summed E-state index contributed by atoms with van der Waals surface area (Å²) in [5.41, 5.74) is 4.17. The number of hydrogen-bond donors (Lipinski definition) is 0. The van der Waals surface area contributed by atoms with Gasteiger partial charge in [-0.05, 0) is 23.5 Å². The van der Waals surface area contributed by atoms with Gasteiger partial charge in [0.1, 0.15) is 0 Å². The van der Waals surface area contributed by atoms with Crippen LogP contribution in [0.3, 0.4) is 0 Å². The predicted octanol–water partition coefficient (Wildman–Crippen LogP) is -1.16. The van der Waals surface area contributed by atoms with E-state index in [0.717, 1.165) is 12.1 Å². The number of halogens is 2. The maximum atomic E-state index is 4.62. The van der Waals surface area contributed by atoms with Crippen LogP contribution in [0.1, 0.15) is 41.6 Å². The average molecular weight is 392 g/mol. The van der Waals surface area contributed by atoms with Crippen molar-refractivity contribution in [1.29, 1.82) is 0 Å². The van der Waals surface area contributed by atoms with Gasteiger partial charge in [-0.1, -0.05) is 50.3 Å². The molecule has 0 saturated carbocycles. The number of benzene rings is 1. The molecule has 0 bridgehead atoms. The van der Waals surface area contributed by atoms with E-state index in [-0.39, 0.29) is 47.6 Å². The summed E-state index contributed by atoms with van der Waals surface area (Å²) in [5, 5.41) is 3.39. The summed E-state index contributed by atoms with van der Waals surface area (Å²) >= 11 is 1.78. The number of aryl methyl sites for hydroxylation is 1. The second-order valence-electron chi connectivity index (χ2n) is 6.01. The smallest absolute Gasteiger partial charge is 1.00 e. The van der Waals surface area contributed by atoms with E-state index in [2.05, 4.69) is 67.6 Å². The zero-order chi connectivity index (χ0) is 13.5. The third-order valence-corrected chi connectivity index (χ3v) is 4.88. The van der Waals surface area contributed by atoms with E-state index < -0.39 is 0 Å². The summed E-state index contributed by atoms with van der Waals surface area (Å²) in [6.07, 6.45) is 5.65. The number of aromatic nitrogens is 1. The van der Waals surface area contributed by atoms with Crippen LogP contribution in [0.2, 0.25) is 0 Å². The van der Waals surface area contributed by atoms with Crippen molar-refractivity contribution < 1.29 is 42.2 Å². The molecule has 5 heteroatoms. The van der Waals surface area contributed by atoms with Gasteiger partial charge in [0, 0.05) is 23.4 Å². The van der Waals surface area contributed by atoms with Crippen molar-refractivity contribution in [2.75, 3.05) is 0 Å². The van der Waals surface area contributed by atoms with Crippen molar-refractivity contribution in [1.82, 2.24) is 4.98 Å². The Morgan fingerprint density at radius 2 is 1.86 bits per heavy atom. The molecule has 0 amide bonds. The molecule has 0 saturated heterocycles. The van der Waals surface area contributed by atoms with E-state index in [1.807, 2.05) is 0 Å². The molecular weight excluding hydrogens is 373 g/mol.